The van der Waals surface area contributed by atoms with E-state index in [1.807, 2.05) is 13.8 Å². The molecule has 0 radical (unpaired) electrons. The third-order valence-electron chi connectivity index (χ3n) is 2.38. The van der Waals surface area contributed by atoms with E-state index in [0.29, 0.717) is 0 Å². The highest BCUT2D eigenvalue weighted by molar-refractivity contribution is 8.02. The summed E-state index contributed by atoms with van der Waals surface area (Å²) in [6, 6.07) is 0. The summed E-state index contributed by atoms with van der Waals surface area (Å²) in [4.78, 5) is 34.6. The molecule has 7 heteroatoms. The largest absolute Gasteiger partial charge is 0.481 e. The second-order valence-electron chi connectivity index (χ2n) is 4.43. The van der Waals surface area contributed by atoms with Crippen molar-refractivity contribution in [2.75, 3.05) is 14.1 Å². The summed E-state index contributed by atoms with van der Waals surface area (Å²) in [5.74, 6) is -1.33. The smallest absolute Gasteiger partial charge is 0.304 e. The molecule has 1 aliphatic heterocycles. The van der Waals surface area contributed by atoms with E-state index in [1.165, 1.54) is 25.9 Å². The van der Waals surface area contributed by atoms with E-state index < -0.39 is 16.0 Å². The Bertz CT molecular complexity index is 345. The van der Waals surface area contributed by atoms with Gasteiger partial charge in [-0.15, -0.1) is 11.8 Å². The van der Waals surface area contributed by atoms with Gasteiger partial charge in [0.25, 0.3) is 0 Å². The first-order chi connectivity index (χ1) is 9.23. The summed E-state index contributed by atoms with van der Waals surface area (Å²) < 4.78 is -0.544. The average molecular weight is 306 g/mol. The fourth-order valence-electron chi connectivity index (χ4n) is 1.60. The Morgan fingerprint density at radius 1 is 1.40 bits per heavy atom. The fourth-order valence-corrected chi connectivity index (χ4v) is 3.07. The van der Waals surface area contributed by atoms with Crippen LogP contribution >= 0.6 is 11.8 Å². The number of carbonyl (C=O) groups excluding carboxylic acids is 2. The molecule has 1 aliphatic rings. The van der Waals surface area contributed by atoms with Crippen LogP contribution in [0.2, 0.25) is 0 Å². The van der Waals surface area contributed by atoms with Crippen LogP contribution in [0.5, 0.6) is 0 Å². The van der Waals surface area contributed by atoms with Crippen LogP contribution < -0.4 is 5.73 Å². The van der Waals surface area contributed by atoms with Crippen LogP contribution in [0.3, 0.4) is 0 Å². The van der Waals surface area contributed by atoms with Crippen molar-refractivity contribution in [1.82, 2.24) is 4.90 Å². The number of carbonyl (C=O) groups is 3. The molecule has 0 aliphatic carbocycles. The van der Waals surface area contributed by atoms with Gasteiger partial charge in [-0.3, -0.25) is 19.3 Å². The van der Waals surface area contributed by atoms with Gasteiger partial charge in [-0.1, -0.05) is 27.7 Å². The molecule has 2 amide bonds. The number of thioether (sulfide) groups is 1. The zero-order chi connectivity index (χ0) is 16.5. The van der Waals surface area contributed by atoms with Crippen molar-refractivity contribution in [2.24, 2.45) is 5.73 Å². The summed E-state index contributed by atoms with van der Waals surface area (Å²) in [6.45, 7) is 7.53. The maximum Gasteiger partial charge on any atom is 0.304 e. The summed E-state index contributed by atoms with van der Waals surface area (Å²) in [5, 5.41) is 8.28. The maximum absolute atomic E-state index is 11.6. The molecule has 1 heterocycles. The van der Waals surface area contributed by atoms with Gasteiger partial charge in [0.15, 0.2) is 0 Å². The highest BCUT2D eigenvalue weighted by Gasteiger charge is 2.40. The predicted molar refractivity (Wildman–Crippen MR) is 81.6 cm³/mol. The molecule has 118 valence electrons. The molecular weight excluding hydrogens is 280 g/mol. The number of imide groups is 1. The SMILES string of the molecule is CC.CN.CN1C(=O)CC(SC(C)(C)CC(=O)O)C1=O. The second kappa shape index (κ2) is 9.77. The van der Waals surface area contributed by atoms with Crippen LogP contribution in [-0.2, 0) is 14.4 Å². The van der Waals surface area contributed by atoms with E-state index in [1.54, 1.807) is 13.8 Å². The Morgan fingerprint density at radius 2 is 1.85 bits per heavy atom. The lowest BCUT2D eigenvalue weighted by Gasteiger charge is -2.24. The number of hydrogen-bond acceptors (Lipinski definition) is 5. The molecule has 0 saturated carbocycles. The minimum Gasteiger partial charge on any atom is -0.481 e. The van der Waals surface area contributed by atoms with Gasteiger partial charge < -0.3 is 10.8 Å². The van der Waals surface area contributed by atoms with E-state index >= 15 is 0 Å². The number of amides is 2. The third-order valence-corrected chi connectivity index (χ3v) is 3.81. The summed E-state index contributed by atoms with van der Waals surface area (Å²) in [5.41, 5.74) is 4.50. The molecule has 1 saturated heterocycles. The summed E-state index contributed by atoms with van der Waals surface area (Å²) in [6.07, 6.45) is 0.141. The van der Waals surface area contributed by atoms with Crippen molar-refractivity contribution in [3.8, 4) is 0 Å². The molecule has 0 aromatic carbocycles. The minimum atomic E-state index is -0.900. The van der Waals surface area contributed by atoms with Crippen molar-refractivity contribution in [2.45, 2.75) is 50.5 Å². The number of aliphatic carboxylic acids is 1. The van der Waals surface area contributed by atoms with Gasteiger partial charge >= 0.3 is 5.97 Å². The standard InChI is InChI=1S/C10H15NO4S.C2H6.CH5N/c1-10(2,5-8(13)14)16-6-4-7(12)11(3)9(6)15;2*1-2/h6H,4-5H2,1-3H3,(H,13,14);1-2H3;2H2,1H3. The molecule has 1 rings (SSSR count). The first-order valence-electron chi connectivity index (χ1n) is 6.51. The lowest BCUT2D eigenvalue weighted by Crippen LogP contribution is -2.30. The zero-order valence-corrected chi connectivity index (χ0v) is 13.9. The quantitative estimate of drug-likeness (QED) is 0.760. The average Bonchev–Trinajstić information content (AvgIpc) is 2.60. The van der Waals surface area contributed by atoms with Crippen molar-refractivity contribution in [3.63, 3.8) is 0 Å². The molecule has 0 aromatic rings. The topological polar surface area (TPSA) is 101 Å². The Kier molecular flexibility index (Phi) is 10.4. The number of rotatable bonds is 4. The van der Waals surface area contributed by atoms with Crippen LogP contribution in [0.25, 0.3) is 0 Å². The van der Waals surface area contributed by atoms with Crippen molar-refractivity contribution < 1.29 is 19.5 Å². The Hall–Kier alpha value is -1.08. The number of nitrogens with zero attached hydrogens (tertiary/aromatic N) is 1. The Balaban J connectivity index is 0. The van der Waals surface area contributed by atoms with Crippen molar-refractivity contribution >= 4 is 29.5 Å². The summed E-state index contributed by atoms with van der Waals surface area (Å²) in [7, 11) is 2.95. The van der Waals surface area contributed by atoms with E-state index in [-0.39, 0.29) is 24.7 Å². The number of carboxylic acids is 1. The molecular formula is C13H26N2O4S. The Labute approximate surface area is 125 Å². The van der Waals surface area contributed by atoms with Gasteiger partial charge in [0, 0.05) is 18.2 Å². The fraction of sp³-hybridized carbons (Fsp3) is 0.769. The molecule has 6 nitrogen and oxygen atoms in total. The molecule has 0 bridgehead atoms. The van der Waals surface area contributed by atoms with E-state index in [0.717, 1.165) is 4.90 Å². The van der Waals surface area contributed by atoms with Gasteiger partial charge in [-0.2, -0.15) is 0 Å². The first-order valence-corrected chi connectivity index (χ1v) is 7.38. The van der Waals surface area contributed by atoms with Gasteiger partial charge in [0.1, 0.15) is 0 Å². The predicted octanol–water partition coefficient (Wildman–Crippen LogP) is 1.33. The lowest BCUT2D eigenvalue weighted by atomic mass is 10.1. The van der Waals surface area contributed by atoms with Gasteiger partial charge in [-0.25, -0.2) is 0 Å². The van der Waals surface area contributed by atoms with Crippen LogP contribution in [0.4, 0.5) is 0 Å². The number of carboxylic acid groups (broad SMARTS) is 1. The Morgan fingerprint density at radius 3 is 2.15 bits per heavy atom. The molecule has 1 fully saturated rings. The third kappa shape index (κ3) is 6.91. The van der Waals surface area contributed by atoms with E-state index in [2.05, 4.69) is 5.73 Å². The highest BCUT2D eigenvalue weighted by Crippen LogP contribution is 2.36. The second-order valence-corrected chi connectivity index (χ2v) is 6.34. The molecule has 0 spiro atoms. The van der Waals surface area contributed by atoms with Crippen molar-refractivity contribution in [1.29, 1.82) is 0 Å². The number of nitrogens with two attached hydrogens (primary N) is 1. The molecule has 0 aromatic heterocycles. The van der Waals surface area contributed by atoms with E-state index in [9.17, 15) is 14.4 Å². The first kappa shape index (κ1) is 21.2. The molecule has 20 heavy (non-hydrogen) atoms. The molecule has 3 N–H and O–H groups in total. The monoisotopic (exact) mass is 306 g/mol. The number of hydrogen-bond donors (Lipinski definition) is 2. The van der Waals surface area contributed by atoms with Crippen molar-refractivity contribution in [3.05, 3.63) is 0 Å². The van der Waals surface area contributed by atoms with Gasteiger partial charge in [0.2, 0.25) is 11.8 Å². The van der Waals surface area contributed by atoms with Gasteiger partial charge in [-0.05, 0) is 7.05 Å². The van der Waals surface area contributed by atoms with E-state index in [4.69, 9.17) is 5.11 Å². The van der Waals surface area contributed by atoms with Crippen LogP contribution in [-0.4, -0.2) is 51.9 Å². The van der Waals surface area contributed by atoms with Crippen LogP contribution in [0, 0.1) is 0 Å². The minimum absolute atomic E-state index is 0.0284. The van der Waals surface area contributed by atoms with Gasteiger partial charge in [0.05, 0.1) is 11.7 Å². The maximum atomic E-state index is 11.6. The van der Waals surface area contributed by atoms with Crippen LogP contribution in [0.1, 0.15) is 40.5 Å². The summed E-state index contributed by atoms with van der Waals surface area (Å²) >= 11 is 1.26. The molecule has 1 unspecified atom stereocenters. The highest BCUT2D eigenvalue weighted by atomic mass is 32.2. The lowest BCUT2D eigenvalue weighted by molar-refractivity contribution is -0.138. The normalized spacial score (nSPS) is 17.9. The van der Waals surface area contributed by atoms with Crippen LogP contribution in [0.15, 0.2) is 0 Å². The number of likely N-dealkylation sites (tertiary alicyclic amines) is 1. The molecule has 1 atom stereocenters. The zero-order valence-electron chi connectivity index (χ0n) is 13.1.